The SMILES string of the molecule is CN1CCN(CCCC(=O)N2CCCC(n3nc(-c4ccc(Oc5ccccc5)cc4)c4c(N)ncnc43)C2)CC1. The van der Waals surface area contributed by atoms with Crippen molar-refractivity contribution in [1.29, 1.82) is 0 Å². The maximum absolute atomic E-state index is 13.2. The fraction of sp³-hybridized carbons (Fsp3) is 0.419. The van der Waals surface area contributed by atoms with Crippen LogP contribution in [0.1, 0.15) is 31.7 Å². The number of anilines is 1. The van der Waals surface area contributed by atoms with Gasteiger partial charge in [0.15, 0.2) is 5.65 Å². The van der Waals surface area contributed by atoms with Crippen LogP contribution in [-0.2, 0) is 4.79 Å². The molecule has 2 N–H and O–H groups in total. The number of rotatable bonds is 8. The second kappa shape index (κ2) is 12.2. The van der Waals surface area contributed by atoms with Crippen LogP contribution in [0.2, 0.25) is 0 Å². The highest BCUT2D eigenvalue weighted by molar-refractivity contribution is 5.98. The monoisotopic (exact) mass is 554 g/mol. The van der Waals surface area contributed by atoms with Gasteiger partial charge in [0.25, 0.3) is 0 Å². The highest BCUT2D eigenvalue weighted by Gasteiger charge is 2.28. The van der Waals surface area contributed by atoms with Crippen LogP contribution in [-0.4, -0.2) is 93.2 Å². The molecule has 2 saturated heterocycles. The Kier molecular flexibility index (Phi) is 8.11. The van der Waals surface area contributed by atoms with E-state index < -0.39 is 0 Å². The number of nitrogens with two attached hydrogens (primary N) is 1. The molecule has 0 aliphatic carbocycles. The molecular formula is C31H38N8O2. The van der Waals surface area contributed by atoms with Gasteiger partial charge in [0.05, 0.1) is 11.4 Å². The fourth-order valence-electron chi connectivity index (χ4n) is 5.82. The van der Waals surface area contributed by atoms with Crippen LogP contribution in [0.15, 0.2) is 60.9 Å². The molecule has 2 fully saturated rings. The van der Waals surface area contributed by atoms with Crippen molar-refractivity contribution in [3.8, 4) is 22.8 Å². The number of fused-ring (bicyclic) bond motifs is 1. The van der Waals surface area contributed by atoms with Crippen molar-refractivity contribution in [3.05, 3.63) is 60.9 Å². The third kappa shape index (κ3) is 6.18. The predicted molar refractivity (Wildman–Crippen MR) is 160 cm³/mol. The van der Waals surface area contributed by atoms with Crippen LogP contribution in [0.5, 0.6) is 11.5 Å². The second-order valence-corrected chi connectivity index (χ2v) is 11.1. The lowest BCUT2D eigenvalue weighted by Gasteiger charge is -2.34. The third-order valence-corrected chi connectivity index (χ3v) is 8.18. The third-order valence-electron chi connectivity index (χ3n) is 8.18. The summed E-state index contributed by atoms with van der Waals surface area (Å²) < 4.78 is 7.92. The number of nitrogens with zero attached hydrogens (tertiary/aromatic N) is 7. The molecule has 6 rings (SSSR count). The van der Waals surface area contributed by atoms with E-state index in [2.05, 4.69) is 26.8 Å². The number of ether oxygens (including phenoxy) is 1. The minimum Gasteiger partial charge on any atom is -0.457 e. The van der Waals surface area contributed by atoms with Gasteiger partial charge in [0.1, 0.15) is 29.3 Å². The molecule has 0 saturated carbocycles. The summed E-state index contributed by atoms with van der Waals surface area (Å²) in [5, 5.41) is 5.76. The van der Waals surface area contributed by atoms with Crippen LogP contribution in [0.4, 0.5) is 5.82 Å². The normalized spacial score (nSPS) is 18.6. The lowest BCUT2D eigenvalue weighted by molar-refractivity contribution is -0.133. The number of nitrogen functional groups attached to an aromatic ring is 1. The van der Waals surface area contributed by atoms with Gasteiger partial charge < -0.3 is 25.2 Å². The molecule has 0 bridgehead atoms. The second-order valence-electron chi connectivity index (χ2n) is 11.1. The van der Waals surface area contributed by atoms with Crippen molar-refractivity contribution >= 4 is 22.8 Å². The van der Waals surface area contributed by atoms with Gasteiger partial charge in [0, 0.05) is 51.3 Å². The Morgan fingerprint density at radius 2 is 1.73 bits per heavy atom. The Hall–Kier alpha value is -4.02. The molecule has 1 amide bonds. The number of piperidine rings is 1. The molecule has 2 aromatic carbocycles. The number of hydrogen-bond acceptors (Lipinski definition) is 8. The average Bonchev–Trinajstić information content (AvgIpc) is 3.40. The van der Waals surface area contributed by atoms with Crippen molar-refractivity contribution < 1.29 is 9.53 Å². The first kappa shape index (κ1) is 27.2. The number of carbonyl (C=O) groups excluding carboxylic acids is 1. The quantitative estimate of drug-likeness (QED) is 0.348. The lowest BCUT2D eigenvalue weighted by atomic mass is 10.0. The molecule has 2 aromatic heterocycles. The molecule has 214 valence electrons. The van der Waals surface area contributed by atoms with Crippen LogP contribution in [0.3, 0.4) is 0 Å². The van der Waals surface area contributed by atoms with Crippen molar-refractivity contribution in [2.75, 3.05) is 58.6 Å². The molecule has 41 heavy (non-hydrogen) atoms. The summed E-state index contributed by atoms with van der Waals surface area (Å²) in [6.07, 6.45) is 4.82. The minimum atomic E-state index is 0.0246. The Labute approximate surface area is 240 Å². The topological polar surface area (TPSA) is 106 Å². The number of likely N-dealkylation sites (N-methyl/N-ethyl adjacent to an activating group) is 1. The smallest absolute Gasteiger partial charge is 0.222 e. The summed E-state index contributed by atoms with van der Waals surface area (Å²) in [6.45, 7) is 6.75. The Balaban J connectivity index is 1.16. The van der Waals surface area contributed by atoms with E-state index >= 15 is 0 Å². The van der Waals surface area contributed by atoms with Crippen LogP contribution in [0, 0.1) is 0 Å². The number of para-hydroxylation sites is 1. The molecule has 0 spiro atoms. The van der Waals surface area contributed by atoms with Gasteiger partial charge >= 0.3 is 0 Å². The molecule has 0 radical (unpaired) electrons. The maximum atomic E-state index is 13.2. The van der Waals surface area contributed by atoms with E-state index in [1.54, 1.807) is 0 Å². The summed E-state index contributed by atoms with van der Waals surface area (Å²) in [4.78, 5) is 28.9. The molecule has 4 heterocycles. The lowest BCUT2D eigenvalue weighted by Crippen LogP contribution is -2.45. The van der Waals surface area contributed by atoms with Gasteiger partial charge in [-0.3, -0.25) is 4.79 Å². The van der Waals surface area contributed by atoms with E-state index in [1.165, 1.54) is 6.33 Å². The van der Waals surface area contributed by atoms with Gasteiger partial charge in [-0.15, -0.1) is 0 Å². The first-order valence-corrected chi connectivity index (χ1v) is 14.6. The molecule has 4 aromatic rings. The van der Waals surface area contributed by atoms with E-state index in [-0.39, 0.29) is 11.9 Å². The summed E-state index contributed by atoms with van der Waals surface area (Å²) >= 11 is 0. The van der Waals surface area contributed by atoms with Crippen molar-refractivity contribution in [2.45, 2.75) is 31.7 Å². The Morgan fingerprint density at radius 3 is 2.51 bits per heavy atom. The van der Waals surface area contributed by atoms with Gasteiger partial charge in [-0.2, -0.15) is 5.10 Å². The molecule has 10 heteroatoms. The zero-order valence-corrected chi connectivity index (χ0v) is 23.7. The van der Waals surface area contributed by atoms with E-state index in [0.29, 0.717) is 24.4 Å². The van der Waals surface area contributed by atoms with Gasteiger partial charge in [-0.05, 0) is 69.3 Å². The number of aromatic nitrogens is 4. The number of piperazine rings is 1. The number of benzene rings is 2. The average molecular weight is 555 g/mol. The molecule has 1 atom stereocenters. The van der Waals surface area contributed by atoms with Crippen molar-refractivity contribution in [3.63, 3.8) is 0 Å². The Morgan fingerprint density at radius 1 is 0.976 bits per heavy atom. The van der Waals surface area contributed by atoms with Crippen LogP contribution in [0.25, 0.3) is 22.3 Å². The van der Waals surface area contributed by atoms with Gasteiger partial charge in [-0.25, -0.2) is 14.6 Å². The molecular weight excluding hydrogens is 516 g/mol. The van der Waals surface area contributed by atoms with E-state index in [0.717, 1.165) is 86.7 Å². The van der Waals surface area contributed by atoms with Gasteiger partial charge in [0.2, 0.25) is 5.91 Å². The van der Waals surface area contributed by atoms with E-state index in [4.69, 9.17) is 15.6 Å². The predicted octanol–water partition coefficient (Wildman–Crippen LogP) is 4.06. The van der Waals surface area contributed by atoms with Crippen LogP contribution < -0.4 is 10.5 Å². The van der Waals surface area contributed by atoms with E-state index in [1.807, 2.05) is 64.2 Å². The van der Waals surface area contributed by atoms with Gasteiger partial charge in [-0.1, -0.05) is 18.2 Å². The molecule has 1 unspecified atom stereocenters. The summed E-state index contributed by atoms with van der Waals surface area (Å²) in [5.41, 5.74) is 8.71. The van der Waals surface area contributed by atoms with Crippen molar-refractivity contribution in [1.82, 2.24) is 34.4 Å². The fourth-order valence-corrected chi connectivity index (χ4v) is 5.82. The van der Waals surface area contributed by atoms with E-state index in [9.17, 15) is 4.79 Å². The molecule has 2 aliphatic rings. The molecule has 10 nitrogen and oxygen atoms in total. The first-order valence-electron chi connectivity index (χ1n) is 14.6. The standard InChI is InChI=1S/C31H38N8O2/c1-36-17-19-37(20-18-36)15-6-10-27(40)38-16-5-7-24(21-38)39-31-28(30(32)33-22-34-31)29(35-39)23-11-13-26(14-12-23)41-25-8-3-2-4-9-25/h2-4,8-9,11-14,22,24H,5-7,10,15-21H2,1H3,(H2,32,33,34). The first-order chi connectivity index (χ1) is 20.0. The zero-order valence-electron chi connectivity index (χ0n) is 23.7. The van der Waals surface area contributed by atoms with Crippen LogP contribution >= 0.6 is 0 Å². The number of hydrogen-bond donors (Lipinski definition) is 1. The summed E-state index contributed by atoms with van der Waals surface area (Å²) in [7, 11) is 2.16. The maximum Gasteiger partial charge on any atom is 0.222 e. The zero-order chi connectivity index (χ0) is 28.2. The highest BCUT2D eigenvalue weighted by atomic mass is 16.5. The summed E-state index contributed by atoms with van der Waals surface area (Å²) in [6, 6.07) is 17.5. The largest absolute Gasteiger partial charge is 0.457 e. The number of amides is 1. The van der Waals surface area contributed by atoms with Crippen molar-refractivity contribution in [2.24, 2.45) is 0 Å². The molecule has 2 aliphatic heterocycles. The number of likely N-dealkylation sites (tertiary alicyclic amines) is 1. The minimum absolute atomic E-state index is 0.0246. The number of carbonyl (C=O) groups is 1. The summed E-state index contributed by atoms with van der Waals surface area (Å²) in [5.74, 6) is 2.14. The Bertz CT molecular complexity index is 1470. The highest BCUT2D eigenvalue weighted by Crippen LogP contribution is 2.35.